The third kappa shape index (κ3) is 3.12. The van der Waals surface area contributed by atoms with Crippen LogP contribution in [-0.4, -0.2) is 47.4 Å². The second-order valence-corrected chi connectivity index (χ2v) is 7.53. The van der Waals surface area contributed by atoms with Crippen LogP contribution >= 0.6 is 0 Å². The van der Waals surface area contributed by atoms with Crippen molar-refractivity contribution in [2.24, 2.45) is 5.92 Å². The van der Waals surface area contributed by atoms with E-state index in [0.717, 1.165) is 32.0 Å². The lowest BCUT2D eigenvalue weighted by atomic mass is 9.81. The predicted molar refractivity (Wildman–Crippen MR) is 102 cm³/mol. The van der Waals surface area contributed by atoms with E-state index in [-0.39, 0.29) is 12.6 Å². The fraction of sp³-hybridized carbons (Fsp3) is 0.571. The number of fused-ring (bicyclic) bond motifs is 1. The summed E-state index contributed by atoms with van der Waals surface area (Å²) in [5.74, 6) is -0.565. The summed E-state index contributed by atoms with van der Waals surface area (Å²) in [5, 5.41) is 0.657. The molecule has 0 aromatic carbocycles. The largest absolute Gasteiger partial charge is 0.462 e. The van der Waals surface area contributed by atoms with Crippen LogP contribution < -0.4 is 0 Å². The number of nitrogens with zero attached hydrogens (tertiary/aromatic N) is 2. The molecule has 2 fully saturated rings. The predicted octanol–water partition coefficient (Wildman–Crippen LogP) is 3.52. The third-order valence-electron chi connectivity index (χ3n) is 6.09. The number of carbonyl (C=O) groups excluding carboxylic acids is 2. The number of pyridine rings is 1. The van der Waals surface area contributed by atoms with Gasteiger partial charge in [-0.25, -0.2) is 9.78 Å². The first-order valence-corrected chi connectivity index (χ1v) is 9.99. The van der Waals surface area contributed by atoms with Gasteiger partial charge in [0.1, 0.15) is 5.65 Å². The molecule has 1 saturated carbocycles. The Labute approximate surface area is 164 Å². The Kier molecular flexibility index (Phi) is 5.21. The van der Waals surface area contributed by atoms with E-state index in [1.807, 2.05) is 10.6 Å². The van der Waals surface area contributed by atoms with Crippen molar-refractivity contribution in [2.45, 2.75) is 51.4 Å². The lowest BCUT2D eigenvalue weighted by Crippen LogP contribution is -2.37. The van der Waals surface area contributed by atoms with E-state index in [1.54, 1.807) is 19.2 Å². The van der Waals surface area contributed by atoms with Gasteiger partial charge in [0.25, 0.3) is 0 Å². The van der Waals surface area contributed by atoms with Crippen LogP contribution in [0, 0.1) is 5.92 Å². The number of hydrogen-bond acceptors (Lipinski definition) is 6. The number of esters is 1. The number of aromatic nitrogens is 2. The zero-order valence-electron chi connectivity index (χ0n) is 16.3. The smallest absolute Gasteiger partial charge is 0.341 e. The van der Waals surface area contributed by atoms with Crippen molar-refractivity contribution in [1.82, 2.24) is 9.55 Å². The minimum absolute atomic E-state index is 0.0135. The summed E-state index contributed by atoms with van der Waals surface area (Å²) in [4.78, 5) is 29.1. The van der Waals surface area contributed by atoms with Gasteiger partial charge in [0.15, 0.2) is 12.1 Å². The van der Waals surface area contributed by atoms with Gasteiger partial charge < -0.3 is 18.8 Å². The van der Waals surface area contributed by atoms with Crippen LogP contribution in [-0.2, 0) is 14.2 Å². The van der Waals surface area contributed by atoms with Crippen molar-refractivity contribution < 1.29 is 23.8 Å². The molecule has 1 aliphatic heterocycles. The Balaban J connectivity index is 1.70. The van der Waals surface area contributed by atoms with Gasteiger partial charge in [-0.2, -0.15) is 0 Å². The Morgan fingerprint density at radius 2 is 2.11 bits per heavy atom. The van der Waals surface area contributed by atoms with Crippen molar-refractivity contribution in [2.75, 3.05) is 19.8 Å². The van der Waals surface area contributed by atoms with Crippen LogP contribution in [0.4, 0.5) is 0 Å². The van der Waals surface area contributed by atoms with Gasteiger partial charge in [-0.05, 0) is 44.7 Å². The van der Waals surface area contributed by atoms with Gasteiger partial charge in [-0.15, -0.1) is 0 Å². The molecule has 1 aliphatic carbocycles. The molecule has 3 heterocycles. The summed E-state index contributed by atoms with van der Waals surface area (Å²) in [5.41, 5.74) is 1.30. The van der Waals surface area contributed by atoms with Gasteiger partial charge in [-0.1, -0.05) is 0 Å². The summed E-state index contributed by atoms with van der Waals surface area (Å²) in [6.07, 6.45) is 5.98. The number of hydrogen-bond donors (Lipinski definition) is 0. The van der Waals surface area contributed by atoms with Gasteiger partial charge in [0.05, 0.1) is 31.1 Å². The van der Waals surface area contributed by atoms with Gasteiger partial charge >= 0.3 is 5.97 Å². The van der Waals surface area contributed by atoms with E-state index in [2.05, 4.69) is 11.9 Å². The minimum Gasteiger partial charge on any atom is -0.462 e. The van der Waals surface area contributed by atoms with Crippen molar-refractivity contribution in [3.8, 4) is 0 Å². The summed E-state index contributed by atoms with van der Waals surface area (Å²) in [6.45, 7) is 5.41. The molecule has 28 heavy (non-hydrogen) atoms. The number of carbonyl (C=O) groups is 2. The Hall–Kier alpha value is -2.25. The quantitative estimate of drug-likeness (QED) is 0.578. The first-order valence-electron chi connectivity index (χ1n) is 9.99. The van der Waals surface area contributed by atoms with E-state index >= 15 is 0 Å². The zero-order chi connectivity index (χ0) is 19.7. The molecular weight excluding hydrogens is 360 g/mol. The average molecular weight is 386 g/mol. The molecule has 7 nitrogen and oxygen atoms in total. The first kappa shape index (κ1) is 19.1. The van der Waals surface area contributed by atoms with Gasteiger partial charge in [-0.3, -0.25) is 4.79 Å². The van der Waals surface area contributed by atoms with Crippen LogP contribution in [0.25, 0.3) is 11.0 Å². The standard InChI is InChI=1S/C21H26N2O5/c1-3-26-20(25)18-16-5-4-10-22-19(16)23(17(18)13-24)14(2)15-6-8-21(9-7-15)27-11-12-28-21/h4-5,10,13-15H,3,6-9,11-12H2,1-2H3/t14-/m1/s1. The topological polar surface area (TPSA) is 79.7 Å². The molecule has 150 valence electrons. The van der Waals surface area contributed by atoms with E-state index in [4.69, 9.17) is 14.2 Å². The fourth-order valence-electron chi connectivity index (χ4n) is 4.66. The van der Waals surface area contributed by atoms with Crippen molar-refractivity contribution in [1.29, 1.82) is 0 Å². The van der Waals surface area contributed by atoms with Crippen LogP contribution in [0.15, 0.2) is 18.3 Å². The van der Waals surface area contributed by atoms with Crippen LogP contribution in [0.1, 0.15) is 66.4 Å². The normalized spacial score (nSPS) is 20.5. The molecule has 0 amide bonds. The second kappa shape index (κ2) is 7.64. The first-order chi connectivity index (χ1) is 13.6. The van der Waals surface area contributed by atoms with Crippen molar-refractivity contribution in [3.05, 3.63) is 29.6 Å². The summed E-state index contributed by atoms with van der Waals surface area (Å²) < 4.78 is 18.8. The van der Waals surface area contributed by atoms with Crippen LogP contribution in [0.5, 0.6) is 0 Å². The van der Waals surface area contributed by atoms with E-state index in [0.29, 0.717) is 41.4 Å². The summed E-state index contributed by atoms with van der Waals surface area (Å²) in [7, 11) is 0. The molecule has 2 aliphatic rings. The second-order valence-electron chi connectivity index (χ2n) is 7.53. The monoisotopic (exact) mass is 386 g/mol. The van der Waals surface area contributed by atoms with Crippen molar-refractivity contribution in [3.63, 3.8) is 0 Å². The fourth-order valence-corrected chi connectivity index (χ4v) is 4.66. The maximum Gasteiger partial charge on any atom is 0.341 e. The highest BCUT2D eigenvalue weighted by Gasteiger charge is 2.42. The summed E-state index contributed by atoms with van der Waals surface area (Å²) >= 11 is 0. The van der Waals surface area contributed by atoms with Gasteiger partial charge in [0, 0.05) is 30.5 Å². The number of aldehydes is 1. The minimum atomic E-state index is -0.482. The van der Waals surface area contributed by atoms with E-state index < -0.39 is 11.8 Å². The lowest BCUT2D eigenvalue weighted by Gasteiger charge is -2.38. The van der Waals surface area contributed by atoms with E-state index in [9.17, 15) is 9.59 Å². The SMILES string of the molecule is CCOC(=O)c1c(C=O)n([C@H](C)C2CCC3(CC2)OCCO3)c2ncccc12. The van der Waals surface area contributed by atoms with Crippen LogP contribution in [0.2, 0.25) is 0 Å². The Bertz CT molecular complexity index is 874. The molecule has 0 bridgehead atoms. The molecule has 7 heteroatoms. The molecule has 1 spiro atoms. The third-order valence-corrected chi connectivity index (χ3v) is 6.09. The summed E-state index contributed by atoms with van der Waals surface area (Å²) in [6, 6.07) is 3.61. The van der Waals surface area contributed by atoms with Crippen LogP contribution in [0.3, 0.4) is 0 Å². The maximum absolute atomic E-state index is 12.6. The maximum atomic E-state index is 12.6. The average Bonchev–Trinajstić information content (AvgIpc) is 3.30. The highest BCUT2D eigenvalue weighted by atomic mass is 16.7. The molecule has 0 unspecified atom stereocenters. The molecular formula is C21H26N2O5. The molecule has 4 rings (SSSR count). The highest BCUT2D eigenvalue weighted by Crippen LogP contribution is 2.43. The molecule has 0 N–H and O–H groups in total. The number of ether oxygens (including phenoxy) is 3. The molecule has 1 atom stereocenters. The van der Waals surface area contributed by atoms with Crippen molar-refractivity contribution >= 4 is 23.3 Å². The van der Waals surface area contributed by atoms with E-state index in [1.165, 1.54) is 0 Å². The highest BCUT2D eigenvalue weighted by molar-refractivity contribution is 6.09. The van der Waals surface area contributed by atoms with Gasteiger partial charge in [0.2, 0.25) is 0 Å². The molecule has 2 aromatic heterocycles. The number of rotatable bonds is 5. The Morgan fingerprint density at radius 1 is 1.39 bits per heavy atom. The molecule has 1 saturated heterocycles. The molecule has 2 aromatic rings. The lowest BCUT2D eigenvalue weighted by molar-refractivity contribution is -0.184. The Morgan fingerprint density at radius 3 is 2.75 bits per heavy atom. The zero-order valence-corrected chi connectivity index (χ0v) is 16.3. The molecule has 0 radical (unpaired) electrons.